The Morgan fingerprint density at radius 2 is 1.78 bits per heavy atom. The summed E-state index contributed by atoms with van der Waals surface area (Å²) in [6.45, 7) is 7.31. The maximum atomic E-state index is 2.45. The van der Waals surface area contributed by atoms with Gasteiger partial charge in [0.25, 0.3) is 0 Å². The fourth-order valence-electron chi connectivity index (χ4n) is 0.787. The normalized spacial score (nSPS) is 16.3. The summed E-state index contributed by atoms with van der Waals surface area (Å²) in [5, 5.41) is 1.10. The quantitative estimate of drug-likeness (QED) is 0.544. The van der Waals surface area contributed by atoms with Crippen LogP contribution in [-0.4, -0.2) is 37.1 Å². The van der Waals surface area contributed by atoms with Crippen LogP contribution in [0.3, 0.4) is 0 Å². The van der Waals surface area contributed by atoms with Crippen LogP contribution in [0.25, 0.3) is 0 Å². The molecule has 0 aromatic heterocycles. The van der Waals surface area contributed by atoms with Crippen LogP contribution in [0.1, 0.15) is 6.92 Å². The zero-order valence-electron chi connectivity index (χ0n) is 7.31. The van der Waals surface area contributed by atoms with Crippen LogP contribution in [0.15, 0.2) is 0 Å². The van der Waals surface area contributed by atoms with E-state index in [0.29, 0.717) is 0 Å². The molecule has 0 spiro atoms. The average molecular weight is 161 g/mol. The van der Waals surface area contributed by atoms with Crippen LogP contribution in [0.4, 0.5) is 0 Å². The summed E-state index contributed by atoms with van der Waals surface area (Å²) in [6.07, 6.45) is 0. The molecule has 0 fully saturated rings. The molecular formula is C6H19NSi2. The van der Waals surface area contributed by atoms with Gasteiger partial charge in [0.1, 0.15) is 0 Å². The highest BCUT2D eigenvalue weighted by Crippen LogP contribution is 2.06. The lowest BCUT2D eigenvalue weighted by atomic mass is 10.9. The fraction of sp³-hybridized carbons (Fsp3) is 1.00. The van der Waals surface area contributed by atoms with Crippen molar-refractivity contribution in [1.29, 1.82) is 0 Å². The molecule has 0 heterocycles. The molecule has 0 saturated heterocycles. The van der Waals surface area contributed by atoms with Crippen LogP contribution in [-0.2, 0) is 0 Å². The molecule has 56 valence electrons. The lowest BCUT2D eigenvalue weighted by Gasteiger charge is -2.17. The van der Waals surface area contributed by atoms with Crippen molar-refractivity contribution in [3.8, 4) is 0 Å². The highest BCUT2D eigenvalue weighted by atomic mass is 28.3. The Balaban J connectivity index is 3.38. The molecule has 0 aliphatic rings. The Hall–Kier alpha value is 0.394. The molecule has 9 heavy (non-hydrogen) atoms. The third kappa shape index (κ3) is 4.87. The first kappa shape index (κ1) is 9.39. The Bertz CT molecular complexity index is 73.5. The number of hydrogen-bond acceptors (Lipinski definition) is 1. The van der Waals surface area contributed by atoms with E-state index in [4.69, 9.17) is 0 Å². The lowest BCUT2D eigenvalue weighted by molar-refractivity contribution is 0.654. The van der Waals surface area contributed by atoms with Gasteiger partial charge in [0.2, 0.25) is 0 Å². The van der Waals surface area contributed by atoms with E-state index < -0.39 is 0 Å². The Morgan fingerprint density at radius 1 is 1.33 bits per heavy atom. The molecule has 1 atom stereocenters. The third-order valence-electron chi connectivity index (χ3n) is 1.79. The standard InChI is InChI=1S/C6H19NSi2/c1-6(9(4)5)8-7(2)3/h6,9H,8H2,1-5H3. The summed E-state index contributed by atoms with van der Waals surface area (Å²) in [6, 6.07) is 0. The van der Waals surface area contributed by atoms with E-state index in [0.717, 1.165) is 5.16 Å². The van der Waals surface area contributed by atoms with Crippen molar-refractivity contribution in [3.05, 3.63) is 0 Å². The SMILES string of the molecule is CC([SiH2]N(C)C)[SiH](C)C. The number of rotatable bonds is 3. The zero-order chi connectivity index (χ0) is 7.44. The van der Waals surface area contributed by atoms with Crippen molar-refractivity contribution in [2.75, 3.05) is 14.1 Å². The van der Waals surface area contributed by atoms with E-state index in [-0.39, 0.29) is 18.5 Å². The van der Waals surface area contributed by atoms with Crippen LogP contribution in [0.5, 0.6) is 0 Å². The second-order valence-electron chi connectivity index (χ2n) is 3.48. The first-order chi connectivity index (χ1) is 4.04. The molecule has 0 radical (unpaired) electrons. The van der Waals surface area contributed by atoms with Crippen molar-refractivity contribution < 1.29 is 0 Å². The Kier molecular flexibility index (Phi) is 4.43. The highest BCUT2D eigenvalue weighted by molar-refractivity contribution is 6.69. The van der Waals surface area contributed by atoms with E-state index in [1.807, 2.05) is 0 Å². The zero-order valence-corrected chi connectivity index (χ0v) is 9.88. The third-order valence-corrected chi connectivity index (χ3v) is 8.83. The minimum absolute atomic E-state index is 0.118. The first-order valence-corrected chi connectivity index (χ1v) is 8.11. The molecule has 0 aliphatic carbocycles. The Labute approximate surface area is 63.0 Å². The monoisotopic (exact) mass is 161 g/mol. The minimum Gasteiger partial charge on any atom is -0.334 e. The summed E-state index contributed by atoms with van der Waals surface area (Å²) in [5.74, 6) is 0. The molecule has 0 saturated carbocycles. The van der Waals surface area contributed by atoms with Crippen LogP contribution >= 0.6 is 0 Å². The summed E-state index contributed by atoms with van der Waals surface area (Å²) < 4.78 is 2.41. The van der Waals surface area contributed by atoms with E-state index in [1.54, 1.807) is 0 Å². The van der Waals surface area contributed by atoms with Crippen molar-refractivity contribution in [3.63, 3.8) is 0 Å². The van der Waals surface area contributed by atoms with Gasteiger partial charge in [-0.1, -0.05) is 20.0 Å². The van der Waals surface area contributed by atoms with Crippen molar-refractivity contribution >= 4 is 18.5 Å². The van der Waals surface area contributed by atoms with Gasteiger partial charge < -0.3 is 4.57 Å². The summed E-state index contributed by atoms with van der Waals surface area (Å²) in [5.41, 5.74) is 0. The van der Waals surface area contributed by atoms with Gasteiger partial charge >= 0.3 is 0 Å². The molecule has 0 aromatic carbocycles. The van der Waals surface area contributed by atoms with E-state index in [9.17, 15) is 0 Å². The van der Waals surface area contributed by atoms with Crippen LogP contribution < -0.4 is 0 Å². The van der Waals surface area contributed by atoms with Gasteiger partial charge in [-0.2, -0.15) is 0 Å². The molecule has 3 heteroatoms. The predicted octanol–water partition coefficient (Wildman–Crippen LogP) is 0.466. The van der Waals surface area contributed by atoms with Gasteiger partial charge in [-0.3, -0.25) is 0 Å². The number of nitrogens with zero attached hydrogens (tertiary/aromatic N) is 1. The van der Waals surface area contributed by atoms with Gasteiger partial charge in [0, 0.05) is 8.80 Å². The minimum atomic E-state index is -0.301. The Morgan fingerprint density at radius 3 is 1.89 bits per heavy atom. The molecule has 0 rings (SSSR count). The fourth-order valence-corrected chi connectivity index (χ4v) is 4.89. The maximum absolute atomic E-state index is 2.45. The largest absolute Gasteiger partial charge is 0.334 e. The van der Waals surface area contributed by atoms with Gasteiger partial charge in [-0.15, -0.1) is 0 Å². The van der Waals surface area contributed by atoms with Gasteiger partial charge in [0.05, 0.1) is 9.68 Å². The van der Waals surface area contributed by atoms with Gasteiger partial charge in [-0.05, 0) is 19.3 Å². The molecule has 0 aromatic rings. The predicted molar refractivity (Wildman–Crippen MR) is 50.5 cm³/mol. The highest BCUT2D eigenvalue weighted by Gasteiger charge is 2.08. The summed E-state index contributed by atoms with van der Waals surface area (Å²) >= 11 is 0. The second-order valence-corrected chi connectivity index (χ2v) is 11.0. The van der Waals surface area contributed by atoms with Gasteiger partial charge in [0.15, 0.2) is 0 Å². The second kappa shape index (κ2) is 4.25. The maximum Gasteiger partial charge on any atom is 0.0943 e. The van der Waals surface area contributed by atoms with E-state index >= 15 is 0 Å². The van der Waals surface area contributed by atoms with E-state index in [1.165, 1.54) is 0 Å². The summed E-state index contributed by atoms with van der Waals surface area (Å²) in [4.78, 5) is 0. The molecule has 0 aliphatic heterocycles. The van der Waals surface area contributed by atoms with Crippen molar-refractivity contribution in [2.24, 2.45) is 0 Å². The first-order valence-electron chi connectivity index (χ1n) is 3.68. The molecule has 1 nitrogen and oxygen atoms in total. The van der Waals surface area contributed by atoms with Crippen molar-refractivity contribution in [1.82, 2.24) is 4.57 Å². The molecule has 0 amide bonds. The number of hydrogen-bond donors (Lipinski definition) is 0. The van der Waals surface area contributed by atoms with Crippen molar-refractivity contribution in [2.45, 2.75) is 25.2 Å². The molecule has 0 bridgehead atoms. The van der Waals surface area contributed by atoms with Gasteiger partial charge in [-0.25, -0.2) is 0 Å². The molecule has 0 N–H and O–H groups in total. The lowest BCUT2D eigenvalue weighted by Crippen LogP contribution is -2.27. The topological polar surface area (TPSA) is 3.24 Å². The van der Waals surface area contributed by atoms with E-state index in [2.05, 4.69) is 38.7 Å². The van der Waals surface area contributed by atoms with Crippen LogP contribution in [0.2, 0.25) is 18.3 Å². The average Bonchev–Trinajstić information content (AvgIpc) is 1.63. The smallest absolute Gasteiger partial charge is 0.0943 e. The molecule has 1 unspecified atom stereocenters. The molecular weight excluding hydrogens is 142 g/mol. The van der Waals surface area contributed by atoms with Crippen LogP contribution in [0, 0.1) is 0 Å². The summed E-state index contributed by atoms with van der Waals surface area (Å²) in [7, 11) is 4.23.